The van der Waals surface area contributed by atoms with E-state index in [1.54, 1.807) is 31.4 Å². The number of rotatable bonds is 8. The van der Waals surface area contributed by atoms with Crippen molar-refractivity contribution < 1.29 is 19.1 Å². The van der Waals surface area contributed by atoms with Gasteiger partial charge in [0.25, 0.3) is 5.91 Å². The van der Waals surface area contributed by atoms with E-state index in [0.29, 0.717) is 23.4 Å². The van der Waals surface area contributed by atoms with Crippen LogP contribution in [0.1, 0.15) is 34.7 Å². The maximum absolute atomic E-state index is 13.4. The molecular weight excluding hydrogens is 500 g/mol. The van der Waals surface area contributed by atoms with Gasteiger partial charge in [-0.15, -0.1) is 0 Å². The molecule has 1 aliphatic rings. The van der Waals surface area contributed by atoms with E-state index in [4.69, 9.17) is 14.6 Å². The molecule has 1 aliphatic heterocycles. The summed E-state index contributed by atoms with van der Waals surface area (Å²) in [5, 5.41) is 6.23. The Morgan fingerprint density at radius 1 is 0.775 bits per heavy atom. The van der Waals surface area contributed by atoms with Crippen LogP contribution in [-0.2, 0) is 9.59 Å². The highest BCUT2D eigenvalue weighted by molar-refractivity contribution is 6.07. The molecule has 1 atom stereocenters. The molecule has 4 aromatic carbocycles. The average Bonchev–Trinajstić information content (AvgIpc) is 3.46. The minimum absolute atomic E-state index is 0.250. The number of amides is 1. The van der Waals surface area contributed by atoms with Crippen LogP contribution in [-0.4, -0.2) is 29.7 Å². The topological polar surface area (TPSA) is 68.2 Å². The van der Waals surface area contributed by atoms with Gasteiger partial charge in [0.05, 0.1) is 18.9 Å². The fourth-order valence-corrected chi connectivity index (χ4v) is 4.43. The van der Waals surface area contributed by atoms with Gasteiger partial charge in [-0.2, -0.15) is 5.10 Å². The summed E-state index contributed by atoms with van der Waals surface area (Å²) >= 11 is 0. The van der Waals surface area contributed by atoms with E-state index in [1.165, 1.54) is 17.2 Å². The summed E-state index contributed by atoms with van der Waals surface area (Å²) in [6.07, 6.45) is 6.85. The van der Waals surface area contributed by atoms with Crippen LogP contribution in [0.25, 0.3) is 12.2 Å². The van der Waals surface area contributed by atoms with E-state index in [0.717, 1.165) is 22.4 Å². The lowest BCUT2D eigenvalue weighted by Crippen LogP contribution is -2.25. The summed E-state index contributed by atoms with van der Waals surface area (Å²) in [5.74, 6) is 0.359. The molecule has 0 aliphatic carbocycles. The number of carbonyl (C=O) groups is 2. The van der Waals surface area contributed by atoms with Crippen molar-refractivity contribution in [2.45, 2.75) is 12.5 Å². The molecule has 6 heteroatoms. The first-order valence-electron chi connectivity index (χ1n) is 12.9. The lowest BCUT2D eigenvalue weighted by Gasteiger charge is -2.21. The Hall–Kier alpha value is -5.23. The second-order valence-electron chi connectivity index (χ2n) is 9.13. The molecule has 4 aromatic rings. The summed E-state index contributed by atoms with van der Waals surface area (Å²) in [5.41, 5.74) is 4.04. The lowest BCUT2D eigenvalue weighted by molar-refractivity contribution is -0.129. The first-order valence-corrected chi connectivity index (χ1v) is 12.9. The zero-order valence-corrected chi connectivity index (χ0v) is 22.0. The Balaban J connectivity index is 1.42. The normalized spacial score (nSPS) is 14.9. The molecule has 0 saturated heterocycles. The summed E-state index contributed by atoms with van der Waals surface area (Å²) in [4.78, 5) is 26.1. The summed E-state index contributed by atoms with van der Waals surface area (Å²) < 4.78 is 11.0. The van der Waals surface area contributed by atoms with Crippen molar-refractivity contribution >= 4 is 29.7 Å². The van der Waals surface area contributed by atoms with Crippen LogP contribution in [0.5, 0.6) is 11.5 Å². The Morgan fingerprint density at radius 3 is 2.02 bits per heavy atom. The van der Waals surface area contributed by atoms with E-state index < -0.39 is 5.97 Å². The van der Waals surface area contributed by atoms with E-state index in [-0.39, 0.29) is 11.9 Å². The molecule has 0 spiro atoms. The van der Waals surface area contributed by atoms with Crippen molar-refractivity contribution in [3.63, 3.8) is 0 Å². The van der Waals surface area contributed by atoms with Crippen molar-refractivity contribution in [2.24, 2.45) is 5.10 Å². The standard InChI is InChI=1S/C34H28N2O4/c1-39-28-20-18-27(19-21-28)31-24-30(35-36(31)33(37)22-16-25-10-4-2-5-11-25)29-14-8-9-15-32(29)40-34(38)23-17-26-12-6-3-7-13-26/h2-23,31H,24H2,1H3/b22-16+,23-17+/t31-/m0/s1. The third-order valence-corrected chi connectivity index (χ3v) is 6.47. The number of para-hydroxylation sites is 1. The number of hydrogen-bond acceptors (Lipinski definition) is 5. The molecule has 198 valence electrons. The molecule has 0 N–H and O–H groups in total. The summed E-state index contributed by atoms with van der Waals surface area (Å²) in [6.45, 7) is 0. The van der Waals surface area contributed by atoms with Crippen molar-refractivity contribution in [3.05, 3.63) is 144 Å². The third-order valence-electron chi connectivity index (χ3n) is 6.47. The van der Waals surface area contributed by atoms with Crippen LogP contribution >= 0.6 is 0 Å². The second kappa shape index (κ2) is 12.5. The molecule has 0 bridgehead atoms. The second-order valence-corrected chi connectivity index (χ2v) is 9.13. The molecule has 0 saturated carbocycles. The third kappa shape index (κ3) is 6.42. The van der Waals surface area contributed by atoms with Crippen molar-refractivity contribution in [1.29, 1.82) is 0 Å². The number of methoxy groups -OCH3 is 1. The maximum Gasteiger partial charge on any atom is 0.336 e. The monoisotopic (exact) mass is 528 g/mol. The number of hydrazone groups is 1. The minimum Gasteiger partial charge on any atom is -0.497 e. The van der Waals surface area contributed by atoms with Crippen molar-refractivity contribution in [3.8, 4) is 11.5 Å². The SMILES string of the molecule is COc1ccc([C@@H]2CC(c3ccccc3OC(=O)/C=C/c3ccccc3)=NN2C(=O)/C=C/c2ccccc2)cc1. The molecule has 0 aromatic heterocycles. The highest BCUT2D eigenvalue weighted by Gasteiger charge is 2.33. The zero-order valence-electron chi connectivity index (χ0n) is 22.0. The number of benzene rings is 4. The number of nitrogens with zero attached hydrogens (tertiary/aromatic N) is 2. The van der Waals surface area contributed by atoms with Crippen LogP contribution in [0, 0.1) is 0 Å². The van der Waals surface area contributed by atoms with Crippen LogP contribution < -0.4 is 9.47 Å². The van der Waals surface area contributed by atoms with Crippen molar-refractivity contribution in [1.82, 2.24) is 5.01 Å². The Bertz CT molecular complexity index is 1560. The number of esters is 1. The Labute approximate surface area is 233 Å². The van der Waals surface area contributed by atoms with E-state index >= 15 is 0 Å². The van der Waals surface area contributed by atoms with E-state index in [1.807, 2.05) is 97.1 Å². The first-order chi connectivity index (χ1) is 19.6. The quantitative estimate of drug-likeness (QED) is 0.145. The molecule has 1 heterocycles. The highest BCUT2D eigenvalue weighted by Crippen LogP contribution is 2.36. The van der Waals surface area contributed by atoms with Crippen LogP contribution in [0.3, 0.4) is 0 Å². The van der Waals surface area contributed by atoms with Gasteiger partial charge >= 0.3 is 5.97 Å². The molecule has 6 nitrogen and oxygen atoms in total. The van der Waals surface area contributed by atoms with Crippen LogP contribution in [0.15, 0.2) is 126 Å². The van der Waals surface area contributed by atoms with Gasteiger partial charge in [-0.25, -0.2) is 9.80 Å². The fraction of sp³-hybridized carbons (Fsp3) is 0.0882. The number of carbonyl (C=O) groups excluding carboxylic acids is 2. The maximum atomic E-state index is 13.4. The number of ether oxygens (including phenoxy) is 2. The minimum atomic E-state index is -0.500. The molecule has 40 heavy (non-hydrogen) atoms. The molecule has 1 amide bonds. The smallest absolute Gasteiger partial charge is 0.336 e. The van der Waals surface area contributed by atoms with Gasteiger partial charge in [0.1, 0.15) is 11.5 Å². The van der Waals surface area contributed by atoms with Crippen LogP contribution in [0.2, 0.25) is 0 Å². The lowest BCUT2D eigenvalue weighted by atomic mass is 9.97. The average molecular weight is 529 g/mol. The first kappa shape index (κ1) is 26.4. The molecule has 0 fully saturated rings. The molecule has 0 unspecified atom stereocenters. The zero-order chi connectivity index (χ0) is 27.7. The molecule has 5 rings (SSSR count). The van der Waals surface area contributed by atoms with Gasteiger partial charge in [-0.3, -0.25) is 4.79 Å². The molecular formula is C34H28N2O4. The highest BCUT2D eigenvalue weighted by atomic mass is 16.5. The predicted octanol–water partition coefficient (Wildman–Crippen LogP) is 6.71. The largest absolute Gasteiger partial charge is 0.497 e. The van der Waals surface area contributed by atoms with Gasteiger partial charge < -0.3 is 9.47 Å². The van der Waals surface area contributed by atoms with Gasteiger partial charge in [0, 0.05) is 24.1 Å². The Morgan fingerprint density at radius 2 is 1.38 bits per heavy atom. The molecule has 0 radical (unpaired) electrons. The van der Waals surface area contributed by atoms with Gasteiger partial charge in [0.15, 0.2) is 0 Å². The van der Waals surface area contributed by atoms with Gasteiger partial charge in [0.2, 0.25) is 0 Å². The Kier molecular flexibility index (Phi) is 8.27. The fourth-order valence-electron chi connectivity index (χ4n) is 4.43. The predicted molar refractivity (Wildman–Crippen MR) is 157 cm³/mol. The van der Waals surface area contributed by atoms with Gasteiger partial charge in [-0.1, -0.05) is 84.9 Å². The summed E-state index contributed by atoms with van der Waals surface area (Å²) in [7, 11) is 1.61. The number of hydrogen-bond donors (Lipinski definition) is 0. The van der Waals surface area contributed by atoms with E-state index in [2.05, 4.69) is 0 Å². The van der Waals surface area contributed by atoms with Crippen molar-refractivity contribution in [2.75, 3.05) is 7.11 Å². The van der Waals surface area contributed by atoms with Gasteiger partial charge in [-0.05, 0) is 53.1 Å². The van der Waals surface area contributed by atoms with Crippen LogP contribution in [0.4, 0.5) is 0 Å². The summed E-state index contributed by atoms with van der Waals surface area (Å²) in [6, 6.07) is 33.7. The van der Waals surface area contributed by atoms with E-state index in [9.17, 15) is 9.59 Å².